The Morgan fingerprint density at radius 2 is 1.95 bits per heavy atom. The predicted molar refractivity (Wildman–Crippen MR) is 159 cm³/mol. The van der Waals surface area contributed by atoms with Crippen LogP contribution in [0.1, 0.15) is 65.3 Å². The smallest absolute Gasteiger partial charge is 0.335 e. The summed E-state index contributed by atoms with van der Waals surface area (Å²) in [6, 6.07) is 17.9. The zero-order valence-electron chi connectivity index (χ0n) is 20.4. The van der Waals surface area contributed by atoms with E-state index in [9.17, 15) is 14.7 Å². The highest BCUT2D eigenvalue weighted by molar-refractivity contribution is 14.1. The number of carbonyl (C=O) groups is 1. The van der Waals surface area contributed by atoms with Crippen LogP contribution in [0.15, 0.2) is 75.0 Å². The number of nitrogens with zero attached hydrogens (tertiary/aromatic N) is 3. The molecule has 38 heavy (non-hydrogen) atoms. The summed E-state index contributed by atoms with van der Waals surface area (Å²) in [7, 11) is 0. The van der Waals surface area contributed by atoms with Gasteiger partial charge in [-0.25, -0.2) is 9.78 Å². The van der Waals surface area contributed by atoms with E-state index in [1.54, 1.807) is 30.5 Å². The first kappa shape index (κ1) is 26.6. The van der Waals surface area contributed by atoms with Gasteiger partial charge in [0.05, 0.1) is 26.3 Å². The highest BCUT2D eigenvalue weighted by atomic mass is 127. The standard InChI is InChI=1S/C29H25BrIN3O4/c30-22-10-11-25-23(15-22)28(35)34(27(33-25)20-6-2-1-3-7-20)32-16-18-9-12-26(24(31)14-18)38-17-19-5-4-8-21(13-19)29(36)37/h4-5,8-16,20H,1-3,6-7,17H2,(H,36,37). The monoisotopic (exact) mass is 685 g/mol. The van der Waals surface area contributed by atoms with E-state index in [2.05, 4.69) is 43.6 Å². The number of carboxylic acid groups (broad SMARTS) is 1. The lowest BCUT2D eigenvalue weighted by Gasteiger charge is -2.22. The summed E-state index contributed by atoms with van der Waals surface area (Å²) < 4.78 is 9.11. The average Bonchev–Trinajstić information content (AvgIpc) is 2.93. The first-order chi connectivity index (χ1) is 18.4. The molecule has 1 fully saturated rings. The molecule has 0 atom stereocenters. The maximum atomic E-state index is 13.5. The minimum absolute atomic E-state index is 0.175. The van der Waals surface area contributed by atoms with Crippen LogP contribution in [0.3, 0.4) is 0 Å². The number of carboxylic acids is 1. The topological polar surface area (TPSA) is 93.8 Å². The van der Waals surface area contributed by atoms with Gasteiger partial charge in [-0.05, 0) is 95.1 Å². The van der Waals surface area contributed by atoms with Crippen LogP contribution in [-0.2, 0) is 6.61 Å². The summed E-state index contributed by atoms with van der Waals surface area (Å²) in [4.78, 5) is 29.6. The predicted octanol–water partition coefficient (Wildman–Crippen LogP) is 6.97. The number of fused-ring (bicyclic) bond motifs is 1. The van der Waals surface area contributed by atoms with Gasteiger partial charge in [0, 0.05) is 10.4 Å². The van der Waals surface area contributed by atoms with E-state index in [0.717, 1.165) is 50.7 Å². The molecule has 9 heteroatoms. The van der Waals surface area contributed by atoms with E-state index >= 15 is 0 Å². The minimum Gasteiger partial charge on any atom is -0.488 e. The summed E-state index contributed by atoms with van der Waals surface area (Å²) in [6.07, 6.45) is 7.16. The Morgan fingerprint density at radius 1 is 1.13 bits per heavy atom. The normalized spacial score (nSPS) is 14.3. The molecular weight excluding hydrogens is 661 g/mol. The Bertz CT molecular complexity index is 1600. The number of rotatable bonds is 7. The summed E-state index contributed by atoms with van der Waals surface area (Å²) in [5.74, 6) is 0.641. The summed E-state index contributed by atoms with van der Waals surface area (Å²) in [5.41, 5.74) is 2.34. The van der Waals surface area contributed by atoms with Gasteiger partial charge in [0.1, 0.15) is 18.2 Å². The molecule has 0 saturated heterocycles. The second-order valence-corrected chi connectivity index (χ2v) is 11.4. The Balaban J connectivity index is 1.41. The number of benzene rings is 3. The molecule has 194 valence electrons. The van der Waals surface area contributed by atoms with Crippen LogP contribution in [0, 0.1) is 3.57 Å². The van der Waals surface area contributed by atoms with Gasteiger partial charge in [-0.15, -0.1) is 0 Å². The Kier molecular flexibility index (Phi) is 8.23. The molecule has 0 radical (unpaired) electrons. The van der Waals surface area contributed by atoms with E-state index < -0.39 is 5.97 Å². The first-order valence-corrected chi connectivity index (χ1v) is 14.3. The molecule has 1 aromatic heterocycles. The largest absolute Gasteiger partial charge is 0.488 e. The van der Waals surface area contributed by atoms with Crippen molar-refractivity contribution >= 4 is 61.6 Å². The second kappa shape index (κ2) is 11.8. The van der Waals surface area contributed by atoms with Crippen molar-refractivity contribution in [3.05, 3.63) is 102 Å². The van der Waals surface area contributed by atoms with Crippen LogP contribution in [0.2, 0.25) is 0 Å². The zero-order valence-corrected chi connectivity index (χ0v) is 24.2. The lowest BCUT2D eigenvalue weighted by Crippen LogP contribution is -2.25. The average molecular weight is 686 g/mol. The number of hydrogen-bond acceptors (Lipinski definition) is 5. The number of aromatic carboxylic acids is 1. The maximum absolute atomic E-state index is 13.5. The molecule has 0 aliphatic heterocycles. The quantitative estimate of drug-likeness (QED) is 0.168. The molecule has 7 nitrogen and oxygen atoms in total. The molecule has 1 aliphatic carbocycles. The van der Waals surface area contributed by atoms with Crippen molar-refractivity contribution in [1.29, 1.82) is 0 Å². The summed E-state index contributed by atoms with van der Waals surface area (Å²) in [6.45, 7) is 0.253. The molecule has 0 amide bonds. The molecule has 1 N–H and O–H groups in total. The van der Waals surface area contributed by atoms with Gasteiger partial charge in [0.2, 0.25) is 0 Å². The van der Waals surface area contributed by atoms with Crippen LogP contribution in [0.4, 0.5) is 0 Å². The number of halogens is 2. The number of hydrogen-bond donors (Lipinski definition) is 1. The van der Waals surface area contributed by atoms with Crippen LogP contribution in [0.25, 0.3) is 10.9 Å². The summed E-state index contributed by atoms with van der Waals surface area (Å²) >= 11 is 5.66. The van der Waals surface area contributed by atoms with Crippen LogP contribution in [-0.4, -0.2) is 27.0 Å². The lowest BCUT2D eigenvalue weighted by molar-refractivity contribution is 0.0696. The van der Waals surface area contributed by atoms with Crippen molar-refractivity contribution in [2.45, 2.75) is 44.6 Å². The maximum Gasteiger partial charge on any atom is 0.335 e. The number of ether oxygens (including phenoxy) is 1. The van der Waals surface area contributed by atoms with Crippen LogP contribution in [0.5, 0.6) is 5.75 Å². The molecule has 0 unspecified atom stereocenters. The fourth-order valence-electron chi connectivity index (χ4n) is 4.70. The Labute approximate surface area is 241 Å². The van der Waals surface area contributed by atoms with Crippen molar-refractivity contribution in [1.82, 2.24) is 9.66 Å². The van der Waals surface area contributed by atoms with Gasteiger partial charge in [-0.1, -0.05) is 47.3 Å². The first-order valence-electron chi connectivity index (χ1n) is 12.4. The van der Waals surface area contributed by atoms with Crippen molar-refractivity contribution < 1.29 is 14.6 Å². The lowest BCUT2D eigenvalue weighted by atomic mass is 9.88. The van der Waals surface area contributed by atoms with Gasteiger partial charge >= 0.3 is 5.97 Å². The molecule has 3 aromatic carbocycles. The van der Waals surface area contributed by atoms with Crippen LogP contribution >= 0.6 is 38.5 Å². The third-order valence-corrected chi connectivity index (χ3v) is 7.99. The van der Waals surface area contributed by atoms with Gasteiger partial charge in [-0.3, -0.25) is 4.79 Å². The molecule has 0 spiro atoms. The van der Waals surface area contributed by atoms with Crippen molar-refractivity contribution in [2.24, 2.45) is 5.10 Å². The second-order valence-electron chi connectivity index (χ2n) is 9.31. The molecular formula is C29H25BrIN3O4. The SMILES string of the molecule is O=C(O)c1cccc(COc2ccc(C=Nn3c(C4CCCCC4)nc4ccc(Br)cc4c3=O)cc2I)c1. The molecule has 5 rings (SSSR count). The molecule has 1 heterocycles. The Morgan fingerprint density at radius 3 is 2.71 bits per heavy atom. The van der Waals surface area contributed by atoms with Gasteiger partial charge in [0.25, 0.3) is 5.56 Å². The van der Waals surface area contributed by atoms with Gasteiger partial charge in [0.15, 0.2) is 0 Å². The van der Waals surface area contributed by atoms with E-state index in [4.69, 9.17) is 9.72 Å². The van der Waals surface area contributed by atoms with E-state index in [0.29, 0.717) is 16.7 Å². The summed E-state index contributed by atoms with van der Waals surface area (Å²) in [5, 5.41) is 14.3. The third kappa shape index (κ3) is 5.99. The molecule has 0 bridgehead atoms. The van der Waals surface area contributed by atoms with Gasteiger partial charge in [-0.2, -0.15) is 9.78 Å². The fraction of sp³-hybridized carbons (Fsp3) is 0.241. The van der Waals surface area contributed by atoms with Crippen molar-refractivity contribution in [2.75, 3.05) is 0 Å². The highest BCUT2D eigenvalue weighted by Gasteiger charge is 2.22. The molecule has 1 saturated carbocycles. The van der Waals surface area contributed by atoms with Crippen molar-refractivity contribution in [3.63, 3.8) is 0 Å². The molecule has 4 aromatic rings. The number of aromatic nitrogens is 2. The van der Waals surface area contributed by atoms with E-state index in [-0.39, 0.29) is 23.6 Å². The third-order valence-electron chi connectivity index (χ3n) is 6.65. The Hall–Kier alpha value is -3.05. The zero-order chi connectivity index (χ0) is 26.6. The van der Waals surface area contributed by atoms with E-state index in [1.807, 2.05) is 36.4 Å². The highest BCUT2D eigenvalue weighted by Crippen LogP contribution is 2.32. The molecule has 1 aliphatic rings. The van der Waals surface area contributed by atoms with Crippen molar-refractivity contribution in [3.8, 4) is 5.75 Å². The minimum atomic E-state index is -0.968. The fourth-order valence-corrected chi connectivity index (χ4v) is 5.75. The van der Waals surface area contributed by atoms with E-state index in [1.165, 1.54) is 11.1 Å². The van der Waals surface area contributed by atoms with Crippen LogP contribution < -0.4 is 10.3 Å². The van der Waals surface area contributed by atoms with Gasteiger partial charge < -0.3 is 9.84 Å².